The Morgan fingerprint density at radius 3 is 0.960 bits per heavy atom. The molecule has 0 fully saturated rings. The molecule has 12 rings (SSSR count). The van der Waals surface area contributed by atoms with Gasteiger partial charge in [-0.1, -0.05) is 158 Å². The predicted molar refractivity (Wildman–Crippen MR) is 217 cm³/mol. The van der Waals surface area contributed by atoms with E-state index < -0.39 is 0 Å². The van der Waals surface area contributed by atoms with Gasteiger partial charge in [0.15, 0.2) is 0 Å². The summed E-state index contributed by atoms with van der Waals surface area (Å²) in [6, 6.07) is 63.8. The summed E-state index contributed by atoms with van der Waals surface area (Å²) in [7, 11) is 0. The number of hydrogen-bond donors (Lipinski definition) is 0. The predicted octanol–water partition coefficient (Wildman–Crippen LogP) is 14.3. The molecule has 50 heavy (non-hydrogen) atoms. The first-order valence-electron chi connectivity index (χ1n) is 17.5. The monoisotopic (exact) mass is 628 g/mol. The van der Waals surface area contributed by atoms with Crippen molar-refractivity contribution in [3.05, 3.63) is 170 Å². The Morgan fingerprint density at radius 2 is 0.540 bits per heavy atom. The molecule has 0 aliphatic carbocycles. The van der Waals surface area contributed by atoms with Crippen molar-refractivity contribution in [3.63, 3.8) is 0 Å². The second-order valence-electron chi connectivity index (χ2n) is 14.0. The maximum Gasteiger partial charge on any atom is -0.00201 e. The minimum Gasteiger partial charge on any atom is -0.0610 e. The van der Waals surface area contributed by atoms with E-state index in [1.807, 2.05) is 0 Å². The molecular weight excluding hydrogens is 601 g/mol. The van der Waals surface area contributed by atoms with E-state index >= 15 is 0 Å². The summed E-state index contributed by atoms with van der Waals surface area (Å²) in [6.07, 6.45) is 0. The van der Waals surface area contributed by atoms with Crippen LogP contribution in [-0.2, 0) is 0 Å². The lowest BCUT2D eigenvalue weighted by molar-refractivity contribution is 1.68. The van der Waals surface area contributed by atoms with Crippen LogP contribution in [0.2, 0.25) is 0 Å². The topological polar surface area (TPSA) is 0 Å². The molecular formula is C50H28. The third-order valence-corrected chi connectivity index (χ3v) is 11.5. The van der Waals surface area contributed by atoms with Crippen molar-refractivity contribution in [2.24, 2.45) is 0 Å². The van der Waals surface area contributed by atoms with Crippen molar-refractivity contribution in [2.45, 2.75) is 0 Å². The Labute approximate surface area is 288 Å². The summed E-state index contributed by atoms with van der Waals surface area (Å²) in [5.41, 5.74) is 5.05. The largest absolute Gasteiger partial charge is 0.0610 e. The van der Waals surface area contributed by atoms with E-state index in [2.05, 4.69) is 170 Å². The molecule has 0 amide bonds. The maximum absolute atomic E-state index is 2.39. The van der Waals surface area contributed by atoms with Gasteiger partial charge in [0.25, 0.3) is 0 Å². The summed E-state index contributed by atoms with van der Waals surface area (Å²) in [5, 5.41) is 23.8. The summed E-state index contributed by atoms with van der Waals surface area (Å²) in [6.45, 7) is 0. The molecule has 228 valence electrons. The van der Waals surface area contributed by atoms with E-state index in [1.165, 1.54) is 119 Å². The van der Waals surface area contributed by atoms with Crippen molar-refractivity contribution >= 4 is 97.0 Å². The standard InChI is InChI=1S/C50H28/c1-7-30-9-3-13-41-45-25-23-35(37-15-5-17-43(49(37)45)39(11-1)47(30)41)32-21-19-29-20-22-33(28-34(29)27-32)36-24-26-46-42-14-4-10-31-8-2-12-40(48(31)42)44-18-6-16-38(36)50(44)46/h1-28H. The van der Waals surface area contributed by atoms with Crippen LogP contribution in [0.15, 0.2) is 170 Å². The third-order valence-electron chi connectivity index (χ3n) is 11.5. The average molecular weight is 629 g/mol. The third kappa shape index (κ3) is 3.40. The minimum atomic E-state index is 1.25. The van der Waals surface area contributed by atoms with Crippen molar-refractivity contribution in [1.29, 1.82) is 0 Å². The second kappa shape index (κ2) is 9.56. The molecule has 0 aliphatic heterocycles. The quantitative estimate of drug-likeness (QED) is 0.132. The SMILES string of the molecule is c1cc2cccc3c4ccc(-c5ccc6ccc(-c7ccc8c9cccc%10cccc(c%11cccc7c%118)c%109)cc6c5)c5cccc(c(c1)c23)c54. The summed E-state index contributed by atoms with van der Waals surface area (Å²) in [4.78, 5) is 0. The van der Waals surface area contributed by atoms with Crippen LogP contribution in [0, 0.1) is 0 Å². The van der Waals surface area contributed by atoms with Crippen molar-refractivity contribution in [1.82, 2.24) is 0 Å². The molecule has 0 saturated heterocycles. The van der Waals surface area contributed by atoms with Crippen LogP contribution >= 0.6 is 0 Å². The lowest BCUT2D eigenvalue weighted by Crippen LogP contribution is -1.90. The summed E-state index contributed by atoms with van der Waals surface area (Å²) >= 11 is 0. The molecule has 0 radical (unpaired) electrons. The Bertz CT molecular complexity index is 3040. The zero-order valence-electron chi connectivity index (χ0n) is 27.2. The molecule has 0 heteroatoms. The van der Waals surface area contributed by atoms with Gasteiger partial charge in [-0.3, -0.25) is 0 Å². The highest BCUT2D eigenvalue weighted by atomic mass is 14.2. The molecule has 0 bridgehead atoms. The highest BCUT2D eigenvalue weighted by molar-refractivity contribution is 6.35. The first-order valence-corrected chi connectivity index (χ1v) is 17.5. The molecule has 0 aliphatic rings. The molecule has 12 aromatic carbocycles. The van der Waals surface area contributed by atoms with Crippen molar-refractivity contribution < 1.29 is 0 Å². The Hall–Kier alpha value is -6.50. The molecule has 12 aromatic rings. The van der Waals surface area contributed by atoms with Gasteiger partial charge in [0.2, 0.25) is 0 Å². The first-order chi connectivity index (χ1) is 24.8. The van der Waals surface area contributed by atoms with Crippen LogP contribution in [-0.4, -0.2) is 0 Å². The molecule has 0 aromatic heterocycles. The first kappa shape index (κ1) is 26.5. The van der Waals surface area contributed by atoms with E-state index in [9.17, 15) is 0 Å². The van der Waals surface area contributed by atoms with Gasteiger partial charge >= 0.3 is 0 Å². The van der Waals surface area contributed by atoms with Gasteiger partial charge in [-0.25, -0.2) is 0 Å². The van der Waals surface area contributed by atoms with E-state index in [0.717, 1.165) is 0 Å². The van der Waals surface area contributed by atoms with E-state index in [4.69, 9.17) is 0 Å². The van der Waals surface area contributed by atoms with E-state index in [0.29, 0.717) is 0 Å². The van der Waals surface area contributed by atoms with Gasteiger partial charge in [0, 0.05) is 0 Å². The Balaban J connectivity index is 1.07. The van der Waals surface area contributed by atoms with Gasteiger partial charge < -0.3 is 0 Å². The van der Waals surface area contributed by atoms with E-state index in [1.54, 1.807) is 0 Å². The fourth-order valence-electron chi connectivity index (χ4n) is 9.38. The van der Waals surface area contributed by atoms with Gasteiger partial charge in [0.05, 0.1) is 0 Å². The maximum atomic E-state index is 2.39. The number of fused-ring (bicyclic) bond motifs is 5. The molecule has 0 atom stereocenters. The van der Waals surface area contributed by atoms with Crippen LogP contribution in [0.25, 0.3) is 119 Å². The zero-order valence-corrected chi connectivity index (χ0v) is 27.2. The molecule has 0 nitrogen and oxygen atoms in total. The molecule has 0 spiro atoms. The average Bonchev–Trinajstić information content (AvgIpc) is 3.18. The molecule has 0 heterocycles. The van der Waals surface area contributed by atoms with Gasteiger partial charge in [-0.2, -0.15) is 0 Å². The molecule has 0 N–H and O–H groups in total. The fourth-order valence-corrected chi connectivity index (χ4v) is 9.38. The highest BCUT2D eigenvalue weighted by Crippen LogP contribution is 2.45. The van der Waals surface area contributed by atoms with E-state index in [-0.39, 0.29) is 0 Å². The second-order valence-corrected chi connectivity index (χ2v) is 14.0. The number of rotatable bonds is 2. The minimum absolute atomic E-state index is 1.25. The highest BCUT2D eigenvalue weighted by Gasteiger charge is 2.17. The molecule has 0 unspecified atom stereocenters. The van der Waals surface area contributed by atoms with Gasteiger partial charge in [-0.05, 0) is 131 Å². The smallest absolute Gasteiger partial charge is 0.00201 e. The normalized spacial score (nSPS) is 12.4. The van der Waals surface area contributed by atoms with Gasteiger partial charge in [0.1, 0.15) is 0 Å². The number of hydrogen-bond acceptors (Lipinski definition) is 0. The van der Waals surface area contributed by atoms with Crippen LogP contribution in [0.3, 0.4) is 0 Å². The van der Waals surface area contributed by atoms with Crippen LogP contribution in [0.1, 0.15) is 0 Å². The zero-order chi connectivity index (χ0) is 32.5. The fraction of sp³-hybridized carbons (Fsp3) is 0. The lowest BCUT2D eigenvalue weighted by atomic mass is 9.86. The summed E-state index contributed by atoms with van der Waals surface area (Å²) < 4.78 is 0. The number of benzene rings is 12. The molecule has 0 saturated carbocycles. The van der Waals surface area contributed by atoms with Gasteiger partial charge in [-0.15, -0.1) is 0 Å². The summed E-state index contributed by atoms with van der Waals surface area (Å²) in [5.74, 6) is 0. The van der Waals surface area contributed by atoms with Crippen LogP contribution < -0.4 is 0 Å². The van der Waals surface area contributed by atoms with Crippen LogP contribution in [0.5, 0.6) is 0 Å². The van der Waals surface area contributed by atoms with Crippen molar-refractivity contribution in [3.8, 4) is 22.3 Å². The van der Waals surface area contributed by atoms with Crippen molar-refractivity contribution in [2.75, 3.05) is 0 Å². The van der Waals surface area contributed by atoms with Crippen LogP contribution in [0.4, 0.5) is 0 Å². The Morgan fingerprint density at radius 1 is 0.200 bits per heavy atom. The lowest BCUT2D eigenvalue weighted by Gasteiger charge is -2.17. The Kier molecular flexibility index (Phi) is 5.06.